The minimum absolute atomic E-state index is 0.310. The van der Waals surface area contributed by atoms with Crippen LogP contribution in [0.5, 0.6) is 0 Å². The van der Waals surface area contributed by atoms with Crippen molar-refractivity contribution in [1.29, 1.82) is 0 Å². The second-order valence-corrected chi connectivity index (χ2v) is 9.86. The fourth-order valence-corrected chi connectivity index (χ4v) is 4.88. The molecule has 3 aromatic rings. The van der Waals surface area contributed by atoms with Crippen molar-refractivity contribution in [2.75, 3.05) is 17.2 Å². The van der Waals surface area contributed by atoms with E-state index in [-0.39, 0.29) is 0 Å². The average molecular weight is 580 g/mol. The Morgan fingerprint density at radius 3 is 2.71 bits per heavy atom. The van der Waals surface area contributed by atoms with Gasteiger partial charge in [0.05, 0.1) is 23.0 Å². The number of pyridine rings is 2. The van der Waals surface area contributed by atoms with E-state index >= 15 is 0 Å². The van der Waals surface area contributed by atoms with E-state index in [1.165, 1.54) is 0 Å². The number of hydrogen-bond acceptors (Lipinski definition) is 7. The van der Waals surface area contributed by atoms with E-state index in [4.69, 9.17) is 11.6 Å². The van der Waals surface area contributed by atoms with Gasteiger partial charge in [0.25, 0.3) is 11.5 Å². The fourth-order valence-electron chi connectivity index (χ4n) is 4.67. The van der Waals surface area contributed by atoms with Crippen LogP contribution in [-0.2, 0) is 19.8 Å². The Bertz CT molecular complexity index is 1860. The maximum atomic E-state index is 13.3. The number of nitrogens with zero attached hydrogens (tertiary/aromatic N) is 7. The van der Waals surface area contributed by atoms with Gasteiger partial charge in [-0.15, -0.1) is 0 Å². The van der Waals surface area contributed by atoms with Crippen molar-refractivity contribution in [3.8, 4) is 22.5 Å². The summed E-state index contributed by atoms with van der Waals surface area (Å²) in [5.74, 6) is 0.753. The summed E-state index contributed by atoms with van der Waals surface area (Å²) in [4.78, 5) is 30.2. The average Bonchev–Trinajstić information content (AvgIpc) is 3.58. The van der Waals surface area contributed by atoms with Crippen molar-refractivity contribution >= 4 is 34.7 Å². The molecular formula is C27H21ClF3N9O. The van der Waals surface area contributed by atoms with E-state index in [0.717, 1.165) is 34.3 Å². The minimum atomic E-state index is -4.72. The zero-order valence-electron chi connectivity index (χ0n) is 21.7. The largest absolute Gasteiger partial charge is 0.417 e. The second-order valence-electron chi connectivity index (χ2n) is 9.45. The van der Waals surface area contributed by atoms with Gasteiger partial charge in [0, 0.05) is 49.3 Å². The molecule has 0 unspecified atom stereocenters. The van der Waals surface area contributed by atoms with Gasteiger partial charge in [-0.1, -0.05) is 17.7 Å². The van der Waals surface area contributed by atoms with Crippen LogP contribution < -0.4 is 16.3 Å². The summed E-state index contributed by atoms with van der Waals surface area (Å²) < 4.78 is 43.5. The first-order valence-corrected chi connectivity index (χ1v) is 12.8. The molecule has 2 N–H and O–H groups in total. The molecule has 0 aliphatic carbocycles. The number of aromatic nitrogens is 6. The first-order valence-electron chi connectivity index (χ1n) is 12.4. The summed E-state index contributed by atoms with van der Waals surface area (Å²) >= 11 is 5.65. The van der Waals surface area contributed by atoms with Gasteiger partial charge in [0.1, 0.15) is 23.0 Å². The van der Waals surface area contributed by atoms with E-state index < -0.39 is 28.4 Å². The first-order chi connectivity index (χ1) is 19.6. The Balaban J connectivity index is 1.37. The number of halogens is 4. The third-order valence-corrected chi connectivity index (χ3v) is 6.89. The van der Waals surface area contributed by atoms with Gasteiger partial charge in [0.2, 0.25) is 0 Å². The van der Waals surface area contributed by atoms with Gasteiger partial charge in [0.15, 0.2) is 0 Å². The lowest BCUT2D eigenvalue weighted by Gasteiger charge is -2.19. The molecule has 0 saturated heterocycles. The summed E-state index contributed by atoms with van der Waals surface area (Å²) in [5.41, 5.74) is 3.18. The van der Waals surface area contributed by atoms with Crippen LogP contribution in [0.4, 0.5) is 30.4 Å². The summed E-state index contributed by atoms with van der Waals surface area (Å²) in [5, 5.41) is 9.60. The zero-order chi connectivity index (χ0) is 28.9. The van der Waals surface area contributed by atoms with Crippen LogP contribution in [-0.4, -0.2) is 41.8 Å². The van der Waals surface area contributed by atoms with Crippen LogP contribution in [0.25, 0.3) is 22.5 Å². The van der Waals surface area contributed by atoms with Crippen molar-refractivity contribution in [2.45, 2.75) is 19.6 Å². The van der Waals surface area contributed by atoms with Crippen molar-refractivity contribution in [3.05, 3.63) is 82.6 Å². The summed E-state index contributed by atoms with van der Waals surface area (Å²) in [6, 6.07) is 7.86. The molecule has 1 aromatic carbocycles. The molecule has 6 rings (SSSR count). The lowest BCUT2D eigenvalue weighted by Crippen LogP contribution is -2.17. The topological polar surface area (TPSA) is 115 Å². The first kappa shape index (κ1) is 26.4. The molecule has 0 saturated carbocycles. The van der Waals surface area contributed by atoms with Gasteiger partial charge in [-0.05, 0) is 42.3 Å². The molecule has 208 valence electrons. The Labute approximate surface area is 235 Å². The van der Waals surface area contributed by atoms with Crippen LogP contribution in [0, 0.1) is 6.92 Å². The molecular weight excluding hydrogens is 559 g/mol. The van der Waals surface area contributed by atoms with Crippen molar-refractivity contribution in [2.24, 2.45) is 12.0 Å². The lowest BCUT2D eigenvalue weighted by molar-refractivity contribution is -0.137. The third kappa shape index (κ3) is 5.11. The van der Waals surface area contributed by atoms with Crippen LogP contribution in [0.3, 0.4) is 0 Å². The zero-order valence-corrected chi connectivity index (χ0v) is 22.4. The van der Waals surface area contributed by atoms with Crippen molar-refractivity contribution < 1.29 is 18.0 Å². The molecule has 0 fully saturated rings. The quantitative estimate of drug-likeness (QED) is 0.307. The van der Waals surface area contributed by atoms with Gasteiger partial charge in [-0.3, -0.25) is 9.48 Å². The van der Waals surface area contributed by atoms with Crippen molar-refractivity contribution in [1.82, 2.24) is 29.3 Å². The maximum Gasteiger partial charge on any atom is 0.417 e. The number of anilines is 2. The van der Waals surface area contributed by atoms with E-state index in [1.807, 2.05) is 19.1 Å². The smallest absolute Gasteiger partial charge is 0.369 e. The maximum absolute atomic E-state index is 13.3. The highest BCUT2D eigenvalue weighted by molar-refractivity contribution is 6.31. The van der Waals surface area contributed by atoms with Crippen LogP contribution in [0.1, 0.15) is 21.6 Å². The number of hydrogen-bond donors (Lipinski definition) is 2. The van der Waals surface area contributed by atoms with E-state index in [0.29, 0.717) is 42.0 Å². The van der Waals surface area contributed by atoms with Gasteiger partial charge < -0.3 is 15.2 Å². The molecule has 14 heteroatoms. The minimum Gasteiger partial charge on any atom is -0.369 e. The van der Waals surface area contributed by atoms with Gasteiger partial charge in [-0.2, -0.15) is 23.3 Å². The molecule has 1 amide bonds. The molecule has 3 aliphatic rings. The van der Waals surface area contributed by atoms with E-state index in [1.54, 1.807) is 42.5 Å². The molecule has 41 heavy (non-hydrogen) atoms. The second kappa shape index (κ2) is 10.0. The van der Waals surface area contributed by atoms with Crippen LogP contribution in [0.2, 0.25) is 5.02 Å². The Kier molecular flexibility index (Phi) is 6.45. The molecule has 10 nitrogen and oxygen atoms in total. The number of carbonyl (C=O) groups excluding carboxylic acids is 1. The van der Waals surface area contributed by atoms with Crippen molar-refractivity contribution in [3.63, 3.8) is 0 Å². The molecule has 0 radical (unpaired) electrons. The number of nitrogens with one attached hydrogen (secondary N) is 2. The van der Waals surface area contributed by atoms with Gasteiger partial charge >= 0.3 is 6.18 Å². The fraction of sp³-hybridized carbons (Fsp3) is 0.185. The predicted octanol–water partition coefficient (Wildman–Crippen LogP) is 5.07. The van der Waals surface area contributed by atoms with Crippen LogP contribution in [0.15, 0.2) is 60.1 Å². The highest BCUT2D eigenvalue weighted by Gasteiger charge is 2.34. The highest BCUT2D eigenvalue weighted by Crippen LogP contribution is 2.39. The normalized spacial score (nSPS) is 13.4. The molecule has 0 spiro atoms. The number of fused-ring (bicyclic) bond motifs is 3. The molecule has 0 bridgehead atoms. The number of benzene rings is 1. The van der Waals surface area contributed by atoms with Crippen LogP contribution >= 0.6 is 11.6 Å². The molecule has 0 atom stereocenters. The Morgan fingerprint density at radius 2 is 1.95 bits per heavy atom. The molecule has 3 aliphatic heterocycles. The highest BCUT2D eigenvalue weighted by atomic mass is 35.5. The summed E-state index contributed by atoms with van der Waals surface area (Å²) in [6.45, 7) is 3.28. The summed E-state index contributed by atoms with van der Waals surface area (Å²) in [6.07, 6.45) is 1.20. The predicted molar refractivity (Wildman–Crippen MR) is 146 cm³/mol. The molecule has 5 heterocycles. The Morgan fingerprint density at radius 1 is 1.12 bits per heavy atom. The number of aryl methyl sites for hydroxylation is 2. The lowest BCUT2D eigenvalue weighted by atomic mass is 9.98. The standard InChI is InChI=1S/C27H21ClF3N9O/c1-14-3-4-16(36-25(41)22-9-20(27(29,30)31)21(28)12-33-22)8-18(14)19-7-15-10-34-26(37-17-11-35-39(2)13-17)38-23(15)40-6-5-32-24(19)40/h3-4,7-13,32H,5-6H2,1-2H3,(H,36,41). The van der Waals surface area contributed by atoms with E-state index in [9.17, 15) is 18.0 Å². The number of carbonyl (C=O) groups is 1. The summed E-state index contributed by atoms with van der Waals surface area (Å²) in [7, 11) is 1.80. The number of alkyl halides is 3. The molecule has 2 aromatic heterocycles. The van der Waals surface area contributed by atoms with Gasteiger partial charge in [-0.25, -0.2) is 15.0 Å². The number of rotatable bonds is 4. The SMILES string of the molecule is Cc1ccc(NC(=O)c2cc(C(F)(F)F)c(Cl)cn2)cc1-c1cc2cnc(=Nc3cnn(C)c3)nc-2n2c1NCC2. The monoisotopic (exact) mass is 579 g/mol. The van der Waals surface area contributed by atoms with E-state index in [2.05, 4.69) is 40.2 Å². The third-order valence-electron chi connectivity index (χ3n) is 6.59. The Hall–Kier alpha value is -4.78. The number of amides is 1.